The number of benzene rings is 2. The summed E-state index contributed by atoms with van der Waals surface area (Å²) in [5, 5.41) is 0. The van der Waals surface area contributed by atoms with Gasteiger partial charge in [0, 0.05) is 18.5 Å². The lowest BCUT2D eigenvalue weighted by molar-refractivity contribution is 0.0981. The Morgan fingerprint density at radius 3 is 2.58 bits per heavy atom. The minimum absolute atomic E-state index is 0.0562. The largest absolute Gasteiger partial charge is 0.294 e. The van der Waals surface area contributed by atoms with E-state index in [2.05, 4.69) is 0 Å². The van der Waals surface area contributed by atoms with E-state index in [-0.39, 0.29) is 34.9 Å². The molecule has 0 spiro atoms. The molecule has 1 aliphatic carbocycles. The number of rotatable bonds is 2. The van der Waals surface area contributed by atoms with Crippen molar-refractivity contribution >= 4 is 21.5 Å². The second kappa shape index (κ2) is 5.41. The summed E-state index contributed by atoms with van der Waals surface area (Å²) in [5.41, 5.74) is 2.66. The fourth-order valence-electron chi connectivity index (χ4n) is 3.49. The van der Waals surface area contributed by atoms with Crippen molar-refractivity contribution in [1.82, 2.24) is 0 Å². The van der Waals surface area contributed by atoms with E-state index in [0.29, 0.717) is 0 Å². The number of hydrogen-bond donors (Lipinski definition) is 0. The first-order valence-electron chi connectivity index (χ1n) is 7.94. The molecule has 0 bridgehead atoms. The third-order valence-electron chi connectivity index (χ3n) is 4.73. The molecule has 0 fully saturated rings. The maximum absolute atomic E-state index is 13.4. The average Bonchev–Trinajstić information content (AvgIpc) is 3.03. The van der Waals surface area contributed by atoms with E-state index >= 15 is 0 Å². The van der Waals surface area contributed by atoms with Gasteiger partial charge in [0.2, 0.25) is 0 Å². The lowest BCUT2D eigenvalue weighted by atomic mass is 10.0. The van der Waals surface area contributed by atoms with Gasteiger partial charge in [0.1, 0.15) is 5.82 Å². The van der Waals surface area contributed by atoms with E-state index in [1.165, 1.54) is 22.0 Å². The van der Waals surface area contributed by atoms with E-state index in [0.717, 1.165) is 30.9 Å². The maximum atomic E-state index is 13.4. The molecule has 4 rings (SSSR count). The predicted octanol–water partition coefficient (Wildman–Crippen LogP) is 3.10. The molecular weight excluding hydrogens is 329 g/mol. The molecule has 124 valence electrons. The number of nitrogens with zero attached hydrogens (tertiary/aromatic N) is 1. The average molecular weight is 345 g/mol. The van der Waals surface area contributed by atoms with Crippen LogP contribution < -0.4 is 4.31 Å². The van der Waals surface area contributed by atoms with E-state index in [9.17, 15) is 17.6 Å². The summed E-state index contributed by atoms with van der Waals surface area (Å²) in [7, 11) is -3.77. The Morgan fingerprint density at radius 2 is 1.75 bits per heavy atom. The van der Waals surface area contributed by atoms with Gasteiger partial charge in [-0.3, -0.25) is 9.10 Å². The molecule has 0 saturated carbocycles. The van der Waals surface area contributed by atoms with Crippen molar-refractivity contribution in [3.8, 4) is 0 Å². The third-order valence-corrected chi connectivity index (χ3v) is 6.54. The summed E-state index contributed by atoms with van der Waals surface area (Å²) in [4.78, 5) is 12.2. The third kappa shape index (κ3) is 2.33. The Morgan fingerprint density at radius 1 is 0.958 bits per heavy atom. The summed E-state index contributed by atoms with van der Waals surface area (Å²) < 4.78 is 40.8. The molecule has 0 amide bonds. The van der Waals surface area contributed by atoms with Gasteiger partial charge in [0.05, 0.1) is 10.6 Å². The standard InChI is InChI=1S/C18H16FNO3S/c19-14-5-7-17-16(11-14)18(21)8-9-20(17)24(22,23)15-6-4-12-2-1-3-13(12)10-15/h4-7,10-11H,1-3,8-9H2. The SMILES string of the molecule is O=C1CCN(S(=O)(=O)c2ccc3c(c2)CCC3)c2ccc(F)cc21. The number of hydrogen-bond acceptors (Lipinski definition) is 3. The molecule has 1 heterocycles. The summed E-state index contributed by atoms with van der Waals surface area (Å²) in [5.74, 6) is -0.774. The van der Waals surface area contributed by atoms with Crippen LogP contribution in [0, 0.1) is 5.82 Å². The molecule has 0 saturated heterocycles. The number of carbonyl (C=O) groups excluding carboxylic acids is 1. The van der Waals surface area contributed by atoms with Crippen LogP contribution in [0.25, 0.3) is 0 Å². The zero-order valence-electron chi connectivity index (χ0n) is 13.0. The zero-order chi connectivity index (χ0) is 16.9. The fraction of sp³-hybridized carbons (Fsp3) is 0.278. The van der Waals surface area contributed by atoms with Crippen LogP contribution in [0.2, 0.25) is 0 Å². The monoisotopic (exact) mass is 345 g/mol. The highest BCUT2D eigenvalue weighted by molar-refractivity contribution is 7.92. The molecule has 1 aliphatic heterocycles. The molecule has 0 unspecified atom stereocenters. The molecule has 2 aromatic carbocycles. The highest BCUT2D eigenvalue weighted by Gasteiger charge is 2.33. The lowest BCUT2D eigenvalue weighted by Crippen LogP contribution is -2.37. The first kappa shape index (κ1) is 15.3. The van der Waals surface area contributed by atoms with Crippen LogP contribution in [-0.4, -0.2) is 20.7 Å². The first-order valence-corrected chi connectivity index (χ1v) is 9.38. The molecule has 0 aromatic heterocycles. The predicted molar refractivity (Wildman–Crippen MR) is 88.3 cm³/mol. The summed E-state index contributed by atoms with van der Waals surface area (Å²) in [6.45, 7) is 0.0802. The maximum Gasteiger partial charge on any atom is 0.264 e. The van der Waals surface area contributed by atoms with Gasteiger partial charge in [-0.05, 0) is 60.7 Å². The van der Waals surface area contributed by atoms with Crippen LogP contribution in [0.4, 0.5) is 10.1 Å². The van der Waals surface area contributed by atoms with Crippen molar-refractivity contribution in [1.29, 1.82) is 0 Å². The molecule has 4 nitrogen and oxygen atoms in total. The summed E-state index contributed by atoms with van der Waals surface area (Å²) in [6.07, 6.45) is 2.97. The minimum Gasteiger partial charge on any atom is -0.294 e. The Balaban J connectivity index is 1.81. The molecule has 0 N–H and O–H groups in total. The van der Waals surface area contributed by atoms with Gasteiger partial charge < -0.3 is 0 Å². The topological polar surface area (TPSA) is 54.5 Å². The zero-order valence-corrected chi connectivity index (χ0v) is 13.8. The van der Waals surface area contributed by atoms with Gasteiger partial charge >= 0.3 is 0 Å². The number of sulfonamides is 1. The second-order valence-corrected chi connectivity index (χ2v) is 8.06. The number of fused-ring (bicyclic) bond motifs is 2. The van der Waals surface area contributed by atoms with E-state index in [1.54, 1.807) is 12.1 Å². The quantitative estimate of drug-likeness (QED) is 0.840. The van der Waals surface area contributed by atoms with Crippen molar-refractivity contribution < 1.29 is 17.6 Å². The first-order chi connectivity index (χ1) is 11.5. The van der Waals surface area contributed by atoms with Crippen molar-refractivity contribution in [2.75, 3.05) is 10.8 Å². The second-order valence-electron chi connectivity index (χ2n) is 6.20. The van der Waals surface area contributed by atoms with Gasteiger partial charge in [-0.25, -0.2) is 12.8 Å². The Kier molecular flexibility index (Phi) is 3.46. The van der Waals surface area contributed by atoms with E-state index < -0.39 is 15.8 Å². The van der Waals surface area contributed by atoms with Gasteiger partial charge in [0.15, 0.2) is 5.78 Å². The highest BCUT2D eigenvalue weighted by Crippen LogP contribution is 2.33. The van der Waals surface area contributed by atoms with Gasteiger partial charge in [-0.2, -0.15) is 0 Å². The smallest absolute Gasteiger partial charge is 0.264 e. The van der Waals surface area contributed by atoms with Crippen LogP contribution in [0.1, 0.15) is 34.3 Å². The van der Waals surface area contributed by atoms with Crippen LogP contribution in [-0.2, 0) is 22.9 Å². The van der Waals surface area contributed by atoms with Crippen molar-refractivity contribution in [3.63, 3.8) is 0 Å². The van der Waals surface area contributed by atoms with Crippen LogP contribution in [0.5, 0.6) is 0 Å². The summed E-state index contributed by atoms with van der Waals surface area (Å²) >= 11 is 0. The van der Waals surface area contributed by atoms with Crippen molar-refractivity contribution in [2.45, 2.75) is 30.6 Å². The fourth-order valence-corrected chi connectivity index (χ4v) is 5.03. The molecular formula is C18H16FNO3S. The number of halogens is 1. The Bertz CT molecular complexity index is 953. The van der Waals surface area contributed by atoms with Crippen LogP contribution >= 0.6 is 0 Å². The van der Waals surface area contributed by atoms with Crippen molar-refractivity contribution in [2.24, 2.45) is 0 Å². The van der Waals surface area contributed by atoms with Crippen LogP contribution in [0.15, 0.2) is 41.3 Å². The number of Topliss-reactive ketones (excluding diaryl/α,β-unsaturated/α-hetero) is 1. The Hall–Kier alpha value is -2.21. The van der Waals surface area contributed by atoms with Crippen LogP contribution in [0.3, 0.4) is 0 Å². The molecule has 24 heavy (non-hydrogen) atoms. The normalized spacial score (nSPS) is 16.9. The number of anilines is 1. The van der Waals surface area contributed by atoms with E-state index in [1.807, 2.05) is 6.07 Å². The number of carbonyl (C=O) groups is 1. The van der Waals surface area contributed by atoms with Gasteiger partial charge in [-0.15, -0.1) is 0 Å². The van der Waals surface area contributed by atoms with E-state index in [4.69, 9.17) is 0 Å². The molecule has 2 aliphatic rings. The van der Waals surface area contributed by atoms with Gasteiger partial charge in [0.25, 0.3) is 10.0 Å². The number of ketones is 1. The Labute approximate surface area is 140 Å². The summed E-state index contributed by atoms with van der Waals surface area (Å²) in [6, 6.07) is 8.89. The van der Waals surface area contributed by atoms with Gasteiger partial charge in [-0.1, -0.05) is 6.07 Å². The van der Waals surface area contributed by atoms with Crippen molar-refractivity contribution in [3.05, 3.63) is 58.9 Å². The lowest BCUT2D eigenvalue weighted by Gasteiger charge is -2.29. The molecule has 0 atom stereocenters. The molecule has 2 aromatic rings. The molecule has 0 radical (unpaired) electrons. The molecule has 6 heteroatoms. The highest BCUT2D eigenvalue weighted by atomic mass is 32.2. The minimum atomic E-state index is -3.77. The number of aryl methyl sites for hydroxylation is 2.